The van der Waals surface area contributed by atoms with Gasteiger partial charge >= 0.3 is 12.5 Å². The zero-order chi connectivity index (χ0) is 24.0. The number of ether oxygens (including phenoxy) is 1. The molecule has 3 rings (SSSR count). The van der Waals surface area contributed by atoms with Crippen LogP contribution < -0.4 is 15.4 Å². The van der Waals surface area contributed by atoms with Crippen LogP contribution in [0, 0.1) is 0 Å². The monoisotopic (exact) mass is 467 g/mol. The molecule has 9 nitrogen and oxygen atoms in total. The first-order chi connectivity index (χ1) is 15.6. The van der Waals surface area contributed by atoms with Gasteiger partial charge < -0.3 is 20.5 Å². The number of carboxylic acid groups (broad SMARTS) is 1. The molecule has 2 heterocycles. The maximum Gasteiger partial charge on any atom is 0.573 e. The number of pyridine rings is 1. The van der Waals surface area contributed by atoms with E-state index < -0.39 is 18.4 Å². The second kappa shape index (κ2) is 10.4. The number of hydrogen-bond acceptors (Lipinski definition) is 6. The van der Waals surface area contributed by atoms with Gasteiger partial charge in [0.05, 0.1) is 0 Å². The predicted octanol–water partition coefficient (Wildman–Crippen LogP) is 2.23. The fourth-order valence-electron chi connectivity index (χ4n) is 3.49. The normalized spacial score (nSPS) is 14.7. The van der Waals surface area contributed by atoms with Gasteiger partial charge in [0.1, 0.15) is 18.1 Å². The highest BCUT2D eigenvalue weighted by molar-refractivity contribution is 5.80. The van der Waals surface area contributed by atoms with Gasteiger partial charge in [-0.25, -0.2) is 9.78 Å². The van der Waals surface area contributed by atoms with E-state index >= 15 is 0 Å². The number of aromatic nitrogens is 1. The number of carbonyl (C=O) groups is 2. The van der Waals surface area contributed by atoms with E-state index in [2.05, 4.69) is 19.5 Å². The number of alkyl halides is 3. The SMILES string of the molecule is NC(=O)CN(CCN1CCN(c2ccc(-c3ccc(OC(F)(F)F)cc3)cn2)CC1)C(=O)O. The summed E-state index contributed by atoms with van der Waals surface area (Å²) in [7, 11) is 0. The largest absolute Gasteiger partial charge is 0.573 e. The van der Waals surface area contributed by atoms with E-state index in [1.807, 2.05) is 12.1 Å². The van der Waals surface area contributed by atoms with Crippen LogP contribution >= 0.6 is 0 Å². The average Bonchev–Trinajstić information content (AvgIpc) is 2.76. The summed E-state index contributed by atoms with van der Waals surface area (Å²) < 4.78 is 40.7. The molecule has 1 aromatic carbocycles. The minimum absolute atomic E-state index is 0.192. The van der Waals surface area contributed by atoms with Gasteiger partial charge in [-0.2, -0.15) is 0 Å². The number of carbonyl (C=O) groups excluding carboxylic acids is 1. The van der Waals surface area contributed by atoms with Gasteiger partial charge in [-0.05, 0) is 29.8 Å². The Bertz CT molecular complexity index is 946. The van der Waals surface area contributed by atoms with Crippen LogP contribution in [0.1, 0.15) is 0 Å². The summed E-state index contributed by atoms with van der Waals surface area (Å²) in [6.07, 6.45) is -4.25. The Morgan fingerprint density at radius 3 is 2.21 bits per heavy atom. The van der Waals surface area contributed by atoms with Gasteiger partial charge in [0.2, 0.25) is 5.91 Å². The molecular formula is C21H24F3N5O4. The van der Waals surface area contributed by atoms with Gasteiger partial charge in [0.15, 0.2) is 0 Å². The lowest BCUT2D eigenvalue weighted by molar-refractivity contribution is -0.274. The topological polar surface area (TPSA) is 112 Å². The Kier molecular flexibility index (Phi) is 7.59. The molecule has 2 amide bonds. The Morgan fingerprint density at radius 2 is 1.70 bits per heavy atom. The molecule has 0 saturated carbocycles. The minimum atomic E-state index is -4.73. The van der Waals surface area contributed by atoms with Crippen LogP contribution in [0.4, 0.5) is 23.8 Å². The van der Waals surface area contributed by atoms with Gasteiger partial charge in [-0.3, -0.25) is 14.6 Å². The second-order valence-corrected chi connectivity index (χ2v) is 7.48. The standard InChI is InChI=1S/C21H24F3N5O4/c22-21(23,24)33-17-4-1-15(2-5-17)16-3-6-19(26-13-16)28-10-7-27(8-11-28)9-12-29(20(31)32)14-18(25)30/h1-6,13H,7-12,14H2,(H2,25,30)(H,31,32). The Labute approximate surface area is 188 Å². The first kappa shape index (κ1) is 24.1. The highest BCUT2D eigenvalue weighted by Gasteiger charge is 2.31. The Hall–Kier alpha value is -3.54. The molecule has 1 aliphatic heterocycles. The minimum Gasteiger partial charge on any atom is -0.465 e. The molecule has 1 aliphatic rings. The van der Waals surface area contributed by atoms with E-state index in [1.165, 1.54) is 24.3 Å². The summed E-state index contributed by atoms with van der Waals surface area (Å²) in [5, 5.41) is 9.14. The van der Waals surface area contributed by atoms with Crippen LogP contribution in [-0.4, -0.2) is 84.1 Å². The molecule has 178 valence electrons. The zero-order valence-corrected chi connectivity index (χ0v) is 17.7. The zero-order valence-electron chi connectivity index (χ0n) is 17.7. The highest BCUT2D eigenvalue weighted by atomic mass is 19.4. The molecule has 0 aliphatic carbocycles. The Morgan fingerprint density at radius 1 is 1.06 bits per heavy atom. The van der Waals surface area contributed by atoms with Crippen LogP contribution in [-0.2, 0) is 4.79 Å². The van der Waals surface area contributed by atoms with Crippen molar-refractivity contribution in [1.82, 2.24) is 14.8 Å². The molecular weight excluding hydrogens is 443 g/mol. The summed E-state index contributed by atoms with van der Waals surface area (Å²) >= 11 is 0. The Balaban J connectivity index is 1.51. The summed E-state index contributed by atoms with van der Waals surface area (Å²) in [5.41, 5.74) is 6.56. The van der Waals surface area contributed by atoms with Crippen molar-refractivity contribution in [3.05, 3.63) is 42.6 Å². The van der Waals surface area contributed by atoms with E-state index in [0.717, 1.165) is 16.3 Å². The molecule has 1 fully saturated rings. The molecule has 2 aromatic rings. The van der Waals surface area contributed by atoms with Gasteiger partial charge in [0, 0.05) is 51.0 Å². The van der Waals surface area contributed by atoms with Crippen molar-refractivity contribution in [3.8, 4) is 16.9 Å². The van der Waals surface area contributed by atoms with Gasteiger partial charge in [-0.15, -0.1) is 13.2 Å². The number of piperazine rings is 1. The predicted molar refractivity (Wildman–Crippen MR) is 114 cm³/mol. The number of nitrogens with zero attached hydrogens (tertiary/aromatic N) is 4. The lowest BCUT2D eigenvalue weighted by atomic mass is 10.1. The van der Waals surface area contributed by atoms with E-state index in [1.54, 1.807) is 6.20 Å². The first-order valence-corrected chi connectivity index (χ1v) is 10.2. The third-order valence-electron chi connectivity index (χ3n) is 5.17. The number of hydrogen-bond donors (Lipinski definition) is 2. The molecule has 3 N–H and O–H groups in total. The summed E-state index contributed by atoms with van der Waals surface area (Å²) in [5.74, 6) is -0.201. The number of amides is 2. The van der Waals surface area contributed by atoms with Crippen LogP contribution in [0.25, 0.3) is 11.1 Å². The molecule has 0 bridgehead atoms. The van der Waals surface area contributed by atoms with E-state index in [-0.39, 0.29) is 18.8 Å². The van der Waals surface area contributed by atoms with Crippen molar-refractivity contribution in [1.29, 1.82) is 0 Å². The fourth-order valence-corrected chi connectivity index (χ4v) is 3.49. The molecule has 0 radical (unpaired) electrons. The fraction of sp³-hybridized carbons (Fsp3) is 0.381. The van der Waals surface area contributed by atoms with Crippen molar-refractivity contribution >= 4 is 17.8 Å². The average molecular weight is 467 g/mol. The number of rotatable bonds is 8. The van der Waals surface area contributed by atoms with E-state index in [0.29, 0.717) is 38.3 Å². The van der Waals surface area contributed by atoms with Crippen LogP contribution in [0.3, 0.4) is 0 Å². The van der Waals surface area contributed by atoms with Crippen LogP contribution in [0.5, 0.6) is 5.75 Å². The van der Waals surface area contributed by atoms with Crippen LogP contribution in [0.2, 0.25) is 0 Å². The number of primary amides is 1. The summed E-state index contributed by atoms with van der Waals surface area (Å²) in [6, 6.07) is 9.28. The molecule has 33 heavy (non-hydrogen) atoms. The maximum absolute atomic E-state index is 12.3. The smallest absolute Gasteiger partial charge is 0.465 e. The molecule has 1 aromatic heterocycles. The number of halogens is 3. The van der Waals surface area contributed by atoms with Crippen molar-refractivity contribution in [2.24, 2.45) is 5.73 Å². The molecule has 12 heteroatoms. The van der Waals surface area contributed by atoms with Gasteiger partial charge in [0.25, 0.3) is 0 Å². The number of benzene rings is 1. The second-order valence-electron chi connectivity index (χ2n) is 7.48. The molecule has 0 atom stereocenters. The van der Waals surface area contributed by atoms with Crippen LogP contribution in [0.15, 0.2) is 42.6 Å². The maximum atomic E-state index is 12.3. The molecule has 1 saturated heterocycles. The lowest BCUT2D eigenvalue weighted by Gasteiger charge is -2.36. The third-order valence-corrected chi connectivity index (χ3v) is 5.17. The quantitative estimate of drug-likeness (QED) is 0.612. The van der Waals surface area contributed by atoms with E-state index in [4.69, 9.17) is 10.8 Å². The first-order valence-electron chi connectivity index (χ1n) is 10.2. The highest BCUT2D eigenvalue weighted by Crippen LogP contribution is 2.27. The third kappa shape index (κ3) is 7.24. The lowest BCUT2D eigenvalue weighted by Crippen LogP contribution is -2.49. The summed E-state index contributed by atoms with van der Waals surface area (Å²) in [4.78, 5) is 31.8. The van der Waals surface area contributed by atoms with Crippen molar-refractivity contribution in [2.45, 2.75) is 6.36 Å². The number of nitrogens with two attached hydrogens (primary N) is 1. The molecule has 0 spiro atoms. The van der Waals surface area contributed by atoms with Crippen molar-refractivity contribution in [2.75, 3.05) is 50.7 Å². The van der Waals surface area contributed by atoms with Crippen molar-refractivity contribution < 1.29 is 32.6 Å². The van der Waals surface area contributed by atoms with E-state index in [9.17, 15) is 22.8 Å². The molecule has 0 unspecified atom stereocenters. The van der Waals surface area contributed by atoms with Gasteiger partial charge in [-0.1, -0.05) is 12.1 Å². The summed E-state index contributed by atoms with van der Waals surface area (Å²) in [6.45, 7) is 3.15. The van der Waals surface area contributed by atoms with Crippen molar-refractivity contribution in [3.63, 3.8) is 0 Å². The number of anilines is 1.